The van der Waals surface area contributed by atoms with Crippen LogP contribution in [0, 0.1) is 17.8 Å². The molecule has 1 amide bonds. The lowest BCUT2D eigenvalue weighted by molar-refractivity contribution is 0.0683. The van der Waals surface area contributed by atoms with Crippen LogP contribution in [0.3, 0.4) is 0 Å². The fourth-order valence-corrected chi connectivity index (χ4v) is 4.21. The average Bonchev–Trinajstić information content (AvgIpc) is 2.73. The maximum atomic E-state index is 12.7. The first-order valence-electron chi connectivity index (χ1n) is 8.45. The van der Waals surface area contributed by atoms with Crippen LogP contribution in [0.5, 0.6) is 0 Å². The molecule has 0 N–H and O–H groups in total. The van der Waals surface area contributed by atoms with E-state index >= 15 is 0 Å². The summed E-state index contributed by atoms with van der Waals surface area (Å²) >= 11 is 1.61. The molecule has 3 rings (SSSR count). The summed E-state index contributed by atoms with van der Waals surface area (Å²) in [6, 6.07) is 0. The molecular weight excluding hydrogens is 296 g/mol. The highest BCUT2D eigenvalue weighted by atomic mass is 32.1. The Hall–Kier alpha value is -0.940. The summed E-state index contributed by atoms with van der Waals surface area (Å²) in [7, 11) is 0. The van der Waals surface area contributed by atoms with Gasteiger partial charge in [-0.25, -0.2) is 4.98 Å². The normalized spacial score (nSPS) is 23.4. The highest BCUT2D eigenvalue weighted by Gasteiger charge is 2.32. The molecule has 0 bridgehead atoms. The van der Waals surface area contributed by atoms with E-state index in [1.54, 1.807) is 11.3 Å². The molecule has 1 saturated carbocycles. The summed E-state index contributed by atoms with van der Waals surface area (Å²) in [6.07, 6.45) is 4.88. The van der Waals surface area contributed by atoms with Crippen molar-refractivity contribution in [1.29, 1.82) is 0 Å². The van der Waals surface area contributed by atoms with E-state index in [-0.39, 0.29) is 5.91 Å². The van der Waals surface area contributed by atoms with Crippen molar-refractivity contribution in [2.24, 2.45) is 17.8 Å². The molecule has 1 aliphatic carbocycles. The van der Waals surface area contributed by atoms with Crippen LogP contribution in [0.1, 0.15) is 48.6 Å². The Morgan fingerprint density at radius 2 is 2.27 bits per heavy atom. The SMILES string of the molecule is CC(C)Cc1nc(C(=O)N2CCOCC(C3CCC3)C2)cs1. The Bertz CT molecular complexity index is 511. The summed E-state index contributed by atoms with van der Waals surface area (Å²) in [5.41, 5.74) is 0.620. The molecule has 122 valence electrons. The van der Waals surface area contributed by atoms with E-state index in [1.165, 1.54) is 19.3 Å². The minimum atomic E-state index is 0.0843. The van der Waals surface area contributed by atoms with Crippen molar-refractivity contribution in [3.63, 3.8) is 0 Å². The van der Waals surface area contributed by atoms with Crippen LogP contribution in [0.2, 0.25) is 0 Å². The zero-order valence-corrected chi connectivity index (χ0v) is 14.4. The molecule has 1 aliphatic heterocycles. The molecule has 4 nitrogen and oxygen atoms in total. The Kier molecular flexibility index (Phi) is 5.14. The van der Waals surface area contributed by atoms with E-state index in [1.807, 2.05) is 10.3 Å². The van der Waals surface area contributed by atoms with Crippen LogP contribution in [0.25, 0.3) is 0 Å². The second-order valence-electron chi connectivity index (χ2n) is 7.00. The number of rotatable bonds is 4. The minimum absolute atomic E-state index is 0.0843. The lowest BCUT2D eigenvalue weighted by atomic mass is 9.76. The molecule has 0 aromatic carbocycles. The highest BCUT2D eigenvalue weighted by molar-refractivity contribution is 7.09. The zero-order chi connectivity index (χ0) is 15.5. The molecule has 0 radical (unpaired) electrons. The van der Waals surface area contributed by atoms with Gasteiger partial charge in [-0.3, -0.25) is 4.79 Å². The van der Waals surface area contributed by atoms with Gasteiger partial charge in [0.25, 0.3) is 5.91 Å². The van der Waals surface area contributed by atoms with Gasteiger partial charge in [0.05, 0.1) is 18.2 Å². The molecule has 1 atom stereocenters. The van der Waals surface area contributed by atoms with Crippen molar-refractivity contribution in [1.82, 2.24) is 9.88 Å². The number of thiazole rings is 1. The number of nitrogens with zero attached hydrogens (tertiary/aromatic N) is 2. The molecule has 5 heteroatoms. The van der Waals surface area contributed by atoms with Crippen molar-refractivity contribution in [3.8, 4) is 0 Å². The van der Waals surface area contributed by atoms with E-state index in [0.717, 1.165) is 30.5 Å². The van der Waals surface area contributed by atoms with Gasteiger partial charge in [-0.2, -0.15) is 0 Å². The number of aromatic nitrogens is 1. The van der Waals surface area contributed by atoms with Crippen LogP contribution in [0.15, 0.2) is 5.38 Å². The van der Waals surface area contributed by atoms with Crippen LogP contribution in [-0.4, -0.2) is 42.1 Å². The largest absolute Gasteiger partial charge is 0.379 e. The van der Waals surface area contributed by atoms with Gasteiger partial charge in [0.15, 0.2) is 0 Å². The predicted octanol–water partition coefficient (Wildman–Crippen LogP) is 3.23. The van der Waals surface area contributed by atoms with E-state index < -0.39 is 0 Å². The molecule has 2 heterocycles. The standard InChI is InChI=1S/C17H26N2O2S/c1-12(2)8-16-18-15(11-22-16)17(20)19-6-7-21-10-14(9-19)13-4-3-5-13/h11-14H,3-10H2,1-2H3. The van der Waals surface area contributed by atoms with Crippen molar-refractivity contribution < 1.29 is 9.53 Å². The zero-order valence-electron chi connectivity index (χ0n) is 13.6. The van der Waals surface area contributed by atoms with Gasteiger partial charge in [-0.1, -0.05) is 33.1 Å². The van der Waals surface area contributed by atoms with E-state index in [9.17, 15) is 4.79 Å². The third-order valence-electron chi connectivity index (χ3n) is 4.75. The lowest BCUT2D eigenvalue weighted by Crippen LogP contribution is -2.39. The second kappa shape index (κ2) is 7.09. The molecule has 1 aromatic rings. The third-order valence-corrected chi connectivity index (χ3v) is 5.62. The van der Waals surface area contributed by atoms with Gasteiger partial charge in [0.2, 0.25) is 0 Å². The number of ether oxygens (including phenoxy) is 1. The molecular formula is C17H26N2O2S. The van der Waals surface area contributed by atoms with Crippen molar-refractivity contribution in [3.05, 3.63) is 16.1 Å². The Labute approximate surface area is 136 Å². The summed E-state index contributed by atoms with van der Waals surface area (Å²) in [6.45, 7) is 7.35. The van der Waals surface area contributed by atoms with Crippen LogP contribution in [0.4, 0.5) is 0 Å². The van der Waals surface area contributed by atoms with Gasteiger partial charge in [0, 0.05) is 30.8 Å². The van der Waals surface area contributed by atoms with Crippen molar-refractivity contribution >= 4 is 17.2 Å². The van der Waals surface area contributed by atoms with Crippen molar-refractivity contribution in [2.75, 3.05) is 26.3 Å². The first kappa shape index (κ1) is 15.9. The Morgan fingerprint density at radius 3 is 2.95 bits per heavy atom. The van der Waals surface area contributed by atoms with Crippen molar-refractivity contribution in [2.45, 2.75) is 39.5 Å². The molecule has 2 fully saturated rings. The lowest BCUT2D eigenvalue weighted by Gasteiger charge is -2.34. The summed E-state index contributed by atoms with van der Waals surface area (Å²) < 4.78 is 5.73. The maximum Gasteiger partial charge on any atom is 0.273 e. The van der Waals surface area contributed by atoms with Gasteiger partial charge in [0.1, 0.15) is 5.69 Å². The van der Waals surface area contributed by atoms with Gasteiger partial charge < -0.3 is 9.64 Å². The molecule has 1 unspecified atom stereocenters. The van der Waals surface area contributed by atoms with E-state index in [4.69, 9.17) is 4.74 Å². The average molecular weight is 322 g/mol. The molecule has 1 saturated heterocycles. The van der Waals surface area contributed by atoms with Crippen LogP contribution < -0.4 is 0 Å². The minimum Gasteiger partial charge on any atom is -0.379 e. The number of carbonyl (C=O) groups excluding carboxylic acids is 1. The Morgan fingerprint density at radius 1 is 1.45 bits per heavy atom. The second-order valence-corrected chi connectivity index (χ2v) is 7.94. The van der Waals surface area contributed by atoms with Gasteiger partial charge in [-0.05, 0) is 11.8 Å². The quantitative estimate of drug-likeness (QED) is 0.855. The first-order valence-corrected chi connectivity index (χ1v) is 9.33. The summed E-state index contributed by atoms with van der Waals surface area (Å²) in [5, 5.41) is 2.99. The molecule has 2 aliphatic rings. The van der Waals surface area contributed by atoms with Crippen LogP contribution >= 0.6 is 11.3 Å². The number of carbonyl (C=O) groups is 1. The maximum absolute atomic E-state index is 12.7. The fraction of sp³-hybridized carbons (Fsp3) is 0.765. The number of hydrogen-bond acceptors (Lipinski definition) is 4. The fourth-order valence-electron chi connectivity index (χ4n) is 3.23. The molecule has 0 spiro atoms. The van der Waals surface area contributed by atoms with Gasteiger partial charge in [-0.15, -0.1) is 11.3 Å². The first-order chi connectivity index (χ1) is 10.6. The Balaban J connectivity index is 1.65. The smallest absolute Gasteiger partial charge is 0.273 e. The number of amides is 1. The molecule has 22 heavy (non-hydrogen) atoms. The monoisotopic (exact) mass is 322 g/mol. The van der Waals surface area contributed by atoms with E-state index in [2.05, 4.69) is 18.8 Å². The highest BCUT2D eigenvalue weighted by Crippen LogP contribution is 2.35. The third kappa shape index (κ3) is 3.69. The predicted molar refractivity (Wildman–Crippen MR) is 88.2 cm³/mol. The summed E-state index contributed by atoms with van der Waals surface area (Å²) in [4.78, 5) is 19.2. The van der Waals surface area contributed by atoms with Gasteiger partial charge >= 0.3 is 0 Å². The topological polar surface area (TPSA) is 42.4 Å². The van der Waals surface area contributed by atoms with Crippen LogP contribution in [-0.2, 0) is 11.2 Å². The van der Waals surface area contributed by atoms with E-state index in [0.29, 0.717) is 30.7 Å². The summed E-state index contributed by atoms with van der Waals surface area (Å²) in [5.74, 6) is 1.92. The molecule has 1 aromatic heterocycles. The number of hydrogen-bond donors (Lipinski definition) is 0.